The van der Waals surface area contributed by atoms with E-state index in [1.54, 1.807) is 12.1 Å². The van der Waals surface area contributed by atoms with E-state index in [9.17, 15) is 19.2 Å². The maximum Gasteiger partial charge on any atom is 0.334 e. The van der Waals surface area contributed by atoms with E-state index in [1.165, 1.54) is 26.6 Å². The third kappa shape index (κ3) is 3.14. The molecule has 160 valence electrons. The number of ether oxygens (including phenoxy) is 3. The first-order chi connectivity index (χ1) is 14.3. The van der Waals surface area contributed by atoms with Gasteiger partial charge in [-0.2, -0.15) is 0 Å². The van der Waals surface area contributed by atoms with Crippen molar-refractivity contribution < 1.29 is 37.8 Å². The summed E-state index contributed by atoms with van der Waals surface area (Å²) in [7, 11) is 1.30. The molecule has 0 amide bonds. The van der Waals surface area contributed by atoms with Crippen molar-refractivity contribution in [2.24, 2.45) is 23.2 Å². The quantitative estimate of drug-likeness (QED) is 0.546. The van der Waals surface area contributed by atoms with Gasteiger partial charge >= 0.3 is 17.9 Å². The number of esters is 3. The summed E-state index contributed by atoms with van der Waals surface area (Å²) in [5.41, 5.74) is 0.393. The topological polar surface area (TPSA) is 109 Å². The molecule has 8 nitrogen and oxygen atoms in total. The van der Waals surface area contributed by atoms with E-state index in [1.807, 2.05) is 6.92 Å². The number of rotatable bonds is 3. The first-order valence-electron chi connectivity index (χ1n) is 9.98. The average molecular weight is 416 g/mol. The van der Waals surface area contributed by atoms with E-state index in [0.29, 0.717) is 24.0 Å². The van der Waals surface area contributed by atoms with Crippen LogP contribution in [0.2, 0.25) is 0 Å². The molecule has 0 bridgehead atoms. The maximum atomic E-state index is 13.5. The Labute approximate surface area is 173 Å². The Hall–Kier alpha value is -2.90. The fourth-order valence-corrected chi connectivity index (χ4v) is 5.38. The Morgan fingerprint density at radius 1 is 1.23 bits per heavy atom. The molecule has 0 N–H and O–H groups in total. The van der Waals surface area contributed by atoms with Gasteiger partial charge in [0.25, 0.3) is 0 Å². The van der Waals surface area contributed by atoms with Crippen molar-refractivity contribution in [2.45, 2.75) is 45.3 Å². The van der Waals surface area contributed by atoms with Crippen LogP contribution in [0, 0.1) is 23.2 Å². The van der Waals surface area contributed by atoms with Crippen molar-refractivity contribution in [3.05, 3.63) is 35.8 Å². The summed E-state index contributed by atoms with van der Waals surface area (Å²) in [5, 5.41) is 0. The molecule has 3 aliphatic rings. The number of cyclic esters (lactones) is 1. The lowest BCUT2D eigenvalue weighted by molar-refractivity contribution is -0.178. The normalized spacial score (nSPS) is 35.4. The van der Waals surface area contributed by atoms with Gasteiger partial charge in [-0.05, 0) is 24.3 Å². The highest BCUT2D eigenvalue weighted by Crippen LogP contribution is 2.57. The number of methoxy groups -OCH3 is 1. The molecule has 2 fully saturated rings. The summed E-state index contributed by atoms with van der Waals surface area (Å²) in [6.45, 7) is 3.11. The van der Waals surface area contributed by atoms with Gasteiger partial charge in [-0.25, -0.2) is 4.79 Å². The van der Waals surface area contributed by atoms with Gasteiger partial charge in [-0.1, -0.05) is 13.0 Å². The van der Waals surface area contributed by atoms with Gasteiger partial charge in [0.05, 0.1) is 25.6 Å². The predicted molar refractivity (Wildman–Crippen MR) is 101 cm³/mol. The number of Topliss-reactive ketones (excluding diaryl/α,β-unsaturated/α-hetero) is 1. The van der Waals surface area contributed by atoms with Crippen LogP contribution in [-0.4, -0.2) is 36.9 Å². The Morgan fingerprint density at radius 3 is 2.63 bits per heavy atom. The molecule has 2 heterocycles. The molecule has 0 spiro atoms. The molecule has 6 atom stereocenters. The van der Waals surface area contributed by atoms with Crippen molar-refractivity contribution in [1.29, 1.82) is 0 Å². The third-order valence-electron chi connectivity index (χ3n) is 6.81. The highest BCUT2D eigenvalue weighted by Gasteiger charge is 2.61. The van der Waals surface area contributed by atoms with E-state index in [-0.39, 0.29) is 12.2 Å². The lowest BCUT2D eigenvalue weighted by Crippen LogP contribution is -2.58. The number of hydrogen-bond acceptors (Lipinski definition) is 8. The Morgan fingerprint density at radius 2 is 2.00 bits per heavy atom. The summed E-state index contributed by atoms with van der Waals surface area (Å²) in [6.07, 6.45) is 3.99. The van der Waals surface area contributed by atoms with Crippen molar-refractivity contribution in [3.63, 3.8) is 0 Å². The molecule has 1 aliphatic heterocycles. The Kier molecular flexibility index (Phi) is 5.03. The highest BCUT2D eigenvalue weighted by molar-refractivity contribution is 5.96. The van der Waals surface area contributed by atoms with E-state index < -0.39 is 53.3 Å². The summed E-state index contributed by atoms with van der Waals surface area (Å²) < 4.78 is 21.0. The molecule has 1 saturated carbocycles. The molecular weight excluding hydrogens is 392 g/mol. The smallest absolute Gasteiger partial charge is 0.334 e. The van der Waals surface area contributed by atoms with Crippen molar-refractivity contribution in [2.75, 3.05) is 7.11 Å². The first kappa shape index (κ1) is 20.4. The molecule has 4 rings (SSSR count). The van der Waals surface area contributed by atoms with Gasteiger partial charge in [0.1, 0.15) is 6.10 Å². The minimum absolute atomic E-state index is 0.0730. The molecule has 1 saturated heterocycles. The molecule has 1 aromatic rings. The molecular formula is C22H24O8. The average Bonchev–Trinajstić information content (AvgIpc) is 3.23. The second-order valence-electron chi connectivity index (χ2n) is 8.45. The monoisotopic (exact) mass is 416 g/mol. The lowest BCUT2D eigenvalue weighted by Gasteiger charge is -2.53. The van der Waals surface area contributed by atoms with Crippen LogP contribution in [0.1, 0.15) is 44.8 Å². The highest BCUT2D eigenvalue weighted by atomic mass is 16.6. The fraction of sp³-hybridized carbons (Fsp3) is 0.545. The molecule has 2 aliphatic carbocycles. The van der Waals surface area contributed by atoms with Crippen LogP contribution in [-0.2, 0) is 33.4 Å². The second-order valence-corrected chi connectivity index (χ2v) is 8.45. The molecule has 1 unspecified atom stereocenters. The van der Waals surface area contributed by atoms with Gasteiger partial charge < -0.3 is 18.6 Å². The van der Waals surface area contributed by atoms with Gasteiger partial charge in [0.2, 0.25) is 0 Å². The van der Waals surface area contributed by atoms with Crippen LogP contribution >= 0.6 is 0 Å². The fourth-order valence-electron chi connectivity index (χ4n) is 5.38. The molecule has 8 heteroatoms. The SMILES string of the molecule is COC(=O)[C@@H]1C[C@H](OC(C)=O)C(=O)[C@@H]2C3C[C@@H](c4ccoc4)OC(=O)C3=CC[C@]21C. The van der Waals surface area contributed by atoms with Crippen molar-refractivity contribution in [3.8, 4) is 0 Å². The number of hydrogen-bond donors (Lipinski definition) is 0. The van der Waals surface area contributed by atoms with Crippen LogP contribution < -0.4 is 0 Å². The number of furan rings is 1. The molecule has 1 aromatic heterocycles. The van der Waals surface area contributed by atoms with E-state index >= 15 is 0 Å². The lowest BCUT2D eigenvalue weighted by atomic mass is 9.50. The van der Waals surface area contributed by atoms with Crippen LogP contribution in [0.5, 0.6) is 0 Å². The van der Waals surface area contributed by atoms with Crippen LogP contribution in [0.3, 0.4) is 0 Å². The zero-order chi connectivity index (χ0) is 21.6. The standard InChI is InChI=1S/C22H24O8/c1-11(23)29-17-9-15(21(26)27-3)22(2)6-4-13-14(18(22)19(17)24)8-16(30-20(13)25)12-5-7-28-10-12/h4-5,7,10,14-18H,6,8-9H2,1-3H3/t14?,15-,16-,17-,18-,22-/m0/s1. The Bertz CT molecular complexity index is 914. The van der Waals surface area contributed by atoms with Gasteiger partial charge in [-0.15, -0.1) is 0 Å². The zero-order valence-corrected chi connectivity index (χ0v) is 17.1. The van der Waals surface area contributed by atoms with Crippen LogP contribution in [0.25, 0.3) is 0 Å². The van der Waals surface area contributed by atoms with E-state index in [0.717, 1.165) is 0 Å². The summed E-state index contributed by atoms with van der Waals surface area (Å²) in [5.74, 6) is -3.55. The van der Waals surface area contributed by atoms with Gasteiger partial charge in [-0.3, -0.25) is 14.4 Å². The second kappa shape index (κ2) is 7.41. The predicted octanol–water partition coefficient (Wildman–Crippen LogP) is 2.53. The zero-order valence-electron chi connectivity index (χ0n) is 17.1. The maximum absolute atomic E-state index is 13.5. The number of carbonyl (C=O) groups excluding carboxylic acids is 4. The van der Waals surface area contributed by atoms with Gasteiger partial charge in [0, 0.05) is 36.3 Å². The summed E-state index contributed by atoms with van der Waals surface area (Å²) in [4.78, 5) is 50.5. The number of carbonyl (C=O) groups is 4. The molecule has 0 radical (unpaired) electrons. The molecule has 0 aromatic carbocycles. The third-order valence-corrected chi connectivity index (χ3v) is 6.81. The van der Waals surface area contributed by atoms with E-state index in [2.05, 4.69) is 0 Å². The van der Waals surface area contributed by atoms with Gasteiger partial charge in [0.15, 0.2) is 11.9 Å². The summed E-state index contributed by atoms with van der Waals surface area (Å²) in [6, 6.07) is 1.72. The number of allylic oxidation sites excluding steroid dienone is 1. The summed E-state index contributed by atoms with van der Waals surface area (Å²) >= 11 is 0. The van der Waals surface area contributed by atoms with E-state index in [4.69, 9.17) is 18.6 Å². The molecule has 30 heavy (non-hydrogen) atoms. The number of ketones is 1. The van der Waals surface area contributed by atoms with Crippen molar-refractivity contribution in [1.82, 2.24) is 0 Å². The Balaban J connectivity index is 1.76. The minimum atomic E-state index is -1.05. The van der Waals surface area contributed by atoms with Crippen molar-refractivity contribution >= 4 is 23.7 Å². The largest absolute Gasteiger partial charge is 0.472 e. The minimum Gasteiger partial charge on any atom is -0.472 e. The number of fused-ring (bicyclic) bond motifs is 3. The van der Waals surface area contributed by atoms with Crippen LogP contribution in [0.4, 0.5) is 0 Å². The van der Waals surface area contributed by atoms with Crippen LogP contribution in [0.15, 0.2) is 34.7 Å². The first-order valence-corrected chi connectivity index (χ1v) is 9.98.